The molecule has 2 atom stereocenters. The third-order valence-corrected chi connectivity index (χ3v) is 3.35. The van der Waals surface area contributed by atoms with Gasteiger partial charge in [-0.3, -0.25) is 0 Å². The molecule has 0 aliphatic rings. The minimum Gasteiger partial charge on any atom is -0.488 e. The van der Waals surface area contributed by atoms with Crippen molar-refractivity contribution in [1.82, 2.24) is 5.32 Å². The molecule has 0 bridgehead atoms. The Labute approximate surface area is 157 Å². The van der Waals surface area contributed by atoms with Crippen molar-refractivity contribution < 1.29 is 19.4 Å². The van der Waals surface area contributed by atoms with Crippen molar-refractivity contribution in [2.45, 2.75) is 77.7 Å². The second kappa shape index (κ2) is 9.08. The van der Waals surface area contributed by atoms with Crippen LogP contribution in [0.2, 0.25) is 0 Å². The van der Waals surface area contributed by atoms with Crippen LogP contribution in [0.3, 0.4) is 0 Å². The predicted octanol–water partition coefficient (Wildman–Crippen LogP) is 4.24. The monoisotopic (exact) mass is 363 g/mol. The Morgan fingerprint density at radius 1 is 1.15 bits per heavy atom. The van der Waals surface area contributed by atoms with Crippen LogP contribution in [0.25, 0.3) is 0 Å². The average Bonchev–Trinajstić information content (AvgIpc) is 2.45. The van der Waals surface area contributed by atoms with Crippen LogP contribution in [0.15, 0.2) is 36.9 Å². The average molecular weight is 363 g/mol. The highest BCUT2D eigenvalue weighted by molar-refractivity contribution is 5.68. The van der Waals surface area contributed by atoms with Crippen LogP contribution < -0.4 is 10.1 Å². The summed E-state index contributed by atoms with van der Waals surface area (Å²) in [6.07, 6.45) is 1.21. The molecule has 0 fully saturated rings. The number of benzene rings is 1. The first-order valence-electron chi connectivity index (χ1n) is 8.96. The van der Waals surface area contributed by atoms with Gasteiger partial charge < -0.3 is 19.9 Å². The molecule has 0 radical (unpaired) electrons. The minimum absolute atomic E-state index is 0.254. The van der Waals surface area contributed by atoms with Crippen LogP contribution in [0.5, 0.6) is 5.75 Å². The van der Waals surface area contributed by atoms with E-state index in [1.165, 1.54) is 6.08 Å². The first kappa shape index (κ1) is 22.0. The molecule has 1 rings (SSSR count). The standard InChI is InChI=1S/C21H33NO4/c1-8-17(23)14-16(22-19(24)26-21(5,6)7)13-15-9-11-18(12-10-15)25-20(2,3)4/h8-12,16-17,23H,1,13-14H2,2-7H3,(H,22,24)/t16-,17-/m0/s1. The lowest BCUT2D eigenvalue weighted by molar-refractivity contribution is 0.0491. The van der Waals surface area contributed by atoms with E-state index >= 15 is 0 Å². The Kier molecular flexibility index (Phi) is 7.69. The first-order valence-corrected chi connectivity index (χ1v) is 8.96. The SMILES string of the molecule is C=C[C@H](O)C[C@H](Cc1ccc(OC(C)(C)C)cc1)NC(=O)OC(C)(C)C. The van der Waals surface area contributed by atoms with Gasteiger partial charge in [0.1, 0.15) is 17.0 Å². The lowest BCUT2D eigenvalue weighted by Gasteiger charge is -2.25. The molecule has 1 amide bonds. The van der Waals surface area contributed by atoms with Crippen molar-refractivity contribution in [3.8, 4) is 5.75 Å². The summed E-state index contributed by atoms with van der Waals surface area (Å²) in [5.74, 6) is 0.795. The highest BCUT2D eigenvalue weighted by atomic mass is 16.6. The van der Waals surface area contributed by atoms with Gasteiger partial charge in [0, 0.05) is 6.04 Å². The summed E-state index contributed by atoms with van der Waals surface area (Å²) >= 11 is 0. The molecule has 2 N–H and O–H groups in total. The van der Waals surface area contributed by atoms with E-state index in [9.17, 15) is 9.90 Å². The molecule has 5 heteroatoms. The van der Waals surface area contributed by atoms with E-state index in [1.54, 1.807) is 0 Å². The van der Waals surface area contributed by atoms with Gasteiger partial charge in [0.15, 0.2) is 0 Å². The van der Waals surface area contributed by atoms with Gasteiger partial charge in [-0.25, -0.2) is 4.79 Å². The number of aliphatic hydroxyl groups is 1. The molecule has 0 heterocycles. The minimum atomic E-state index is -0.696. The van der Waals surface area contributed by atoms with E-state index in [-0.39, 0.29) is 11.6 Å². The van der Waals surface area contributed by atoms with Gasteiger partial charge in [-0.2, -0.15) is 0 Å². The molecule has 5 nitrogen and oxygen atoms in total. The summed E-state index contributed by atoms with van der Waals surface area (Å²) in [5, 5.41) is 12.7. The molecule has 0 unspecified atom stereocenters. The summed E-state index contributed by atoms with van der Waals surface area (Å²) < 4.78 is 11.1. The Hall–Kier alpha value is -2.01. The number of aliphatic hydroxyl groups excluding tert-OH is 1. The molecule has 1 aromatic rings. The molecule has 0 aromatic heterocycles. The van der Waals surface area contributed by atoms with E-state index in [1.807, 2.05) is 65.8 Å². The van der Waals surface area contributed by atoms with Crippen LogP contribution in [-0.4, -0.2) is 34.5 Å². The summed E-state index contributed by atoms with van der Waals surface area (Å²) in [4.78, 5) is 12.1. The number of nitrogens with one attached hydrogen (secondary N) is 1. The number of rotatable bonds is 7. The number of alkyl carbamates (subject to hydrolysis) is 1. The van der Waals surface area contributed by atoms with Crippen molar-refractivity contribution in [2.75, 3.05) is 0 Å². The normalized spacial score (nSPS) is 14.3. The largest absolute Gasteiger partial charge is 0.488 e. The summed E-state index contributed by atoms with van der Waals surface area (Å²) in [5.41, 5.74) is 0.206. The first-order chi connectivity index (χ1) is 11.9. The van der Waals surface area contributed by atoms with E-state index in [0.29, 0.717) is 12.8 Å². The van der Waals surface area contributed by atoms with E-state index in [4.69, 9.17) is 9.47 Å². The molecular formula is C21H33NO4. The number of carbonyl (C=O) groups excluding carboxylic acids is 1. The maximum Gasteiger partial charge on any atom is 0.407 e. The summed E-state index contributed by atoms with van der Waals surface area (Å²) in [7, 11) is 0. The Bertz CT molecular complexity index is 582. The van der Waals surface area contributed by atoms with Gasteiger partial charge in [0.05, 0.1) is 6.10 Å². The van der Waals surface area contributed by atoms with Crippen molar-refractivity contribution in [3.05, 3.63) is 42.5 Å². The number of hydrogen-bond acceptors (Lipinski definition) is 4. The lowest BCUT2D eigenvalue weighted by atomic mass is 10.0. The van der Waals surface area contributed by atoms with Crippen LogP contribution >= 0.6 is 0 Å². The van der Waals surface area contributed by atoms with Gasteiger partial charge in [-0.05, 0) is 72.1 Å². The Balaban J connectivity index is 2.78. The molecule has 26 heavy (non-hydrogen) atoms. The van der Waals surface area contributed by atoms with Crippen LogP contribution in [-0.2, 0) is 11.2 Å². The van der Waals surface area contributed by atoms with E-state index in [2.05, 4.69) is 11.9 Å². The van der Waals surface area contributed by atoms with Crippen LogP contribution in [0.1, 0.15) is 53.5 Å². The highest BCUT2D eigenvalue weighted by Gasteiger charge is 2.21. The molecule has 0 spiro atoms. The van der Waals surface area contributed by atoms with Crippen molar-refractivity contribution in [3.63, 3.8) is 0 Å². The molecule has 0 saturated carbocycles. The van der Waals surface area contributed by atoms with Gasteiger partial charge >= 0.3 is 6.09 Å². The zero-order valence-corrected chi connectivity index (χ0v) is 16.8. The molecule has 0 aliphatic carbocycles. The summed E-state index contributed by atoms with van der Waals surface area (Å²) in [6.45, 7) is 15.0. The lowest BCUT2D eigenvalue weighted by Crippen LogP contribution is -2.41. The third-order valence-electron chi connectivity index (χ3n) is 3.35. The van der Waals surface area contributed by atoms with Crippen molar-refractivity contribution in [2.24, 2.45) is 0 Å². The Morgan fingerprint density at radius 3 is 2.19 bits per heavy atom. The zero-order valence-electron chi connectivity index (χ0n) is 16.8. The summed E-state index contributed by atoms with van der Waals surface area (Å²) in [6, 6.07) is 7.48. The maximum atomic E-state index is 12.1. The molecule has 0 saturated heterocycles. The van der Waals surface area contributed by atoms with Gasteiger partial charge in [-0.15, -0.1) is 6.58 Å². The molecule has 0 aliphatic heterocycles. The fourth-order valence-electron chi connectivity index (χ4n) is 2.39. The van der Waals surface area contributed by atoms with Gasteiger partial charge in [0.2, 0.25) is 0 Å². The van der Waals surface area contributed by atoms with Crippen molar-refractivity contribution >= 4 is 6.09 Å². The second-order valence-corrected chi connectivity index (χ2v) is 8.44. The maximum absolute atomic E-state index is 12.1. The van der Waals surface area contributed by atoms with Crippen LogP contribution in [0.4, 0.5) is 4.79 Å². The quantitative estimate of drug-likeness (QED) is 0.711. The highest BCUT2D eigenvalue weighted by Crippen LogP contribution is 2.20. The topological polar surface area (TPSA) is 67.8 Å². The van der Waals surface area contributed by atoms with E-state index in [0.717, 1.165) is 11.3 Å². The van der Waals surface area contributed by atoms with Crippen molar-refractivity contribution in [1.29, 1.82) is 0 Å². The van der Waals surface area contributed by atoms with Gasteiger partial charge in [-0.1, -0.05) is 18.2 Å². The number of ether oxygens (including phenoxy) is 2. The fourth-order valence-corrected chi connectivity index (χ4v) is 2.39. The Morgan fingerprint density at radius 2 is 1.73 bits per heavy atom. The third kappa shape index (κ3) is 9.47. The number of carbonyl (C=O) groups is 1. The molecular weight excluding hydrogens is 330 g/mol. The van der Waals surface area contributed by atoms with Gasteiger partial charge in [0.25, 0.3) is 0 Å². The van der Waals surface area contributed by atoms with Crippen LogP contribution in [0, 0.1) is 0 Å². The predicted molar refractivity (Wildman–Crippen MR) is 105 cm³/mol. The van der Waals surface area contributed by atoms with E-state index < -0.39 is 17.8 Å². The smallest absolute Gasteiger partial charge is 0.407 e. The fraction of sp³-hybridized carbons (Fsp3) is 0.571. The molecule has 1 aromatic carbocycles. The number of hydrogen-bond donors (Lipinski definition) is 2. The second-order valence-electron chi connectivity index (χ2n) is 8.44. The number of amides is 1. The zero-order chi connectivity index (χ0) is 20.0. The molecule has 146 valence electrons.